The molecule has 2 aromatic rings. The van der Waals surface area contributed by atoms with Crippen LogP contribution >= 0.6 is 0 Å². The van der Waals surface area contributed by atoms with Gasteiger partial charge in [0.2, 0.25) is 5.91 Å². The van der Waals surface area contributed by atoms with Gasteiger partial charge in [-0.15, -0.1) is 0 Å². The molecule has 5 nitrogen and oxygen atoms in total. The van der Waals surface area contributed by atoms with Crippen LogP contribution in [0.25, 0.3) is 0 Å². The summed E-state index contributed by atoms with van der Waals surface area (Å²) in [4.78, 5) is 17.1. The largest absolute Gasteiger partial charge is 0.497 e. The number of methoxy groups -OCH3 is 1. The Balaban J connectivity index is 1.52. The van der Waals surface area contributed by atoms with E-state index in [1.165, 1.54) is 5.69 Å². The first kappa shape index (κ1) is 17.3. The monoisotopic (exact) mass is 339 g/mol. The Kier molecular flexibility index (Phi) is 5.56. The van der Waals surface area contributed by atoms with Gasteiger partial charge in [0.25, 0.3) is 0 Å². The lowest BCUT2D eigenvalue weighted by atomic mass is 10.2. The molecule has 0 aromatic heterocycles. The summed E-state index contributed by atoms with van der Waals surface area (Å²) in [6.07, 6.45) is 0. The maximum Gasteiger partial charge on any atom is 0.241 e. The van der Waals surface area contributed by atoms with Gasteiger partial charge < -0.3 is 15.0 Å². The fourth-order valence-electron chi connectivity index (χ4n) is 3.09. The van der Waals surface area contributed by atoms with Crippen molar-refractivity contribution in [1.82, 2.24) is 4.90 Å². The van der Waals surface area contributed by atoms with Crippen molar-refractivity contribution >= 4 is 17.3 Å². The number of anilines is 2. The maximum absolute atomic E-state index is 12.5. The Bertz CT molecular complexity index is 680. The summed E-state index contributed by atoms with van der Waals surface area (Å²) in [6, 6.07) is 17.7. The summed E-state index contributed by atoms with van der Waals surface area (Å²) >= 11 is 0. The second kappa shape index (κ2) is 8.03. The minimum atomic E-state index is -0.153. The highest BCUT2D eigenvalue weighted by Gasteiger charge is 2.25. The van der Waals surface area contributed by atoms with E-state index in [4.69, 9.17) is 4.74 Å². The van der Waals surface area contributed by atoms with Gasteiger partial charge in [0.05, 0.1) is 13.2 Å². The van der Waals surface area contributed by atoms with Crippen LogP contribution in [0.2, 0.25) is 0 Å². The van der Waals surface area contributed by atoms with Crippen molar-refractivity contribution in [2.75, 3.05) is 43.5 Å². The third-order valence-electron chi connectivity index (χ3n) is 4.72. The van der Waals surface area contributed by atoms with Gasteiger partial charge in [-0.25, -0.2) is 0 Å². The van der Waals surface area contributed by atoms with Crippen molar-refractivity contribution in [1.29, 1.82) is 0 Å². The number of carbonyl (C=O) groups is 1. The quantitative estimate of drug-likeness (QED) is 0.910. The zero-order valence-corrected chi connectivity index (χ0v) is 14.8. The maximum atomic E-state index is 12.5. The summed E-state index contributed by atoms with van der Waals surface area (Å²) in [5.41, 5.74) is 2.04. The molecule has 1 amide bonds. The lowest BCUT2D eigenvalue weighted by Crippen LogP contribution is -2.52. The zero-order chi connectivity index (χ0) is 17.6. The highest BCUT2D eigenvalue weighted by molar-refractivity contribution is 5.94. The Hall–Kier alpha value is -2.53. The van der Waals surface area contributed by atoms with Crippen LogP contribution in [0.4, 0.5) is 11.4 Å². The van der Waals surface area contributed by atoms with Gasteiger partial charge in [-0.2, -0.15) is 0 Å². The first-order chi connectivity index (χ1) is 12.2. The average molecular weight is 339 g/mol. The highest BCUT2D eigenvalue weighted by atomic mass is 16.5. The molecule has 1 N–H and O–H groups in total. The standard InChI is InChI=1S/C20H25N3O2/c1-16(20(24)21-17-8-10-19(25-2)11-9-17)22-12-14-23(15-13-22)18-6-4-3-5-7-18/h3-11,16H,12-15H2,1-2H3,(H,21,24). The number of carbonyl (C=O) groups excluding carboxylic acids is 1. The van der Waals surface area contributed by atoms with E-state index in [-0.39, 0.29) is 11.9 Å². The molecule has 25 heavy (non-hydrogen) atoms. The minimum absolute atomic E-state index is 0.0262. The van der Waals surface area contributed by atoms with Crippen molar-refractivity contribution in [2.24, 2.45) is 0 Å². The molecule has 1 fully saturated rings. The molecular weight excluding hydrogens is 314 g/mol. The number of rotatable bonds is 5. The van der Waals surface area contributed by atoms with Crippen molar-refractivity contribution in [3.63, 3.8) is 0 Å². The van der Waals surface area contributed by atoms with Crippen LogP contribution in [0.1, 0.15) is 6.92 Å². The van der Waals surface area contributed by atoms with Gasteiger partial charge in [0, 0.05) is 37.6 Å². The van der Waals surface area contributed by atoms with E-state index in [0.29, 0.717) is 0 Å². The van der Waals surface area contributed by atoms with Crippen LogP contribution in [0, 0.1) is 0 Å². The summed E-state index contributed by atoms with van der Waals surface area (Å²) in [6.45, 7) is 5.60. The first-order valence-electron chi connectivity index (χ1n) is 8.66. The van der Waals surface area contributed by atoms with Gasteiger partial charge in [0.1, 0.15) is 5.75 Å². The van der Waals surface area contributed by atoms with E-state index in [2.05, 4.69) is 39.4 Å². The molecule has 2 aromatic carbocycles. The Morgan fingerprint density at radius 2 is 1.64 bits per heavy atom. The van der Waals surface area contributed by atoms with Crippen LogP contribution in [0.15, 0.2) is 54.6 Å². The zero-order valence-electron chi connectivity index (χ0n) is 14.8. The second-order valence-corrected chi connectivity index (χ2v) is 6.25. The minimum Gasteiger partial charge on any atom is -0.497 e. The predicted molar refractivity (Wildman–Crippen MR) is 101 cm³/mol. The molecule has 0 aliphatic carbocycles. The molecule has 1 aliphatic heterocycles. The topological polar surface area (TPSA) is 44.8 Å². The third-order valence-corrected chi connectivity index (χ3v) is 4.72. The normalized spacial score (nSPS) is 16.3. The molecule has 1 unspecified atom stereocenters. The van der Waals surface area contributed by atoms with Gasteiger partial charge in [0.15, 0.2) is 0 Å². The van der Waals surface area contributed by atoms with Crippen molar-refractivity contribution in [3.05, 3.63) is 54.6 Å². The summed E-state index contributed by atoms with van der Waals surface area (Å²) in [7, 11) is 1.63. The predicted octanol–water partition coefficient (Wildman–Crippen LogP) is 2.84. The van der Waals surface area contributed by atoms with E-state index in [1.807, 2.05) is 37.3 Å². The fourth-order valence-corrected chi connectivity index (χ4v) is 3.09. The van der Waals surface area contributed by atoms with E-state index >= 15 is 0 Å². The molecule has 132 valence electrons. The number of piperazine rings is 1. The number of para-hydroxylation sites is 1. The number of benzene rings is 2. The number of hydrogen-bond donors (Lipinski definition) is 1. The average Bonchev–Trinajstić information content (AvgIpc) is 2.69. The van der Waals surface area contributed by atoms with E-state index in [1.54, 1.807) is 7.11 Å². The smallest absolute Gasteiger partial charge is 0.241 e. The lowest BCUT2D eigenvalue weighted by molar-refractivity contribution is -0.120. The van der Waals surface area contributed by atoms with Gasteiger partial charge in [-0.05, 0) is 43.3 Å². The van der Waals surface area contributed by atoms with Gasteiger partial charge in [-0.3, -0.25) is 9.69 Å². The van der Waals surface area contributed by atoms with Crippen molar-refractivity contribution in [2.45, 2.75) is 13.0 Å². The number of nitrogens with one attached hydrogen (secondary N) is 1. The first-order valence-corrected chi connectivity index (χ1v) is 8.66. The summed E-state index contributed by atoms with van der Waals surface area (Å²) < 4.78 is 5.14. The van der Waals surface area contributed by atoms with E-state index < -0.39 is 0 Å². The molecule has 1 atom stereocenters. The SMILES string of the molecule is COc1ccc(NC(=O)C(C)N2CCN(c3ccccc3)CC2)cc1. The Morgan fingerprint density at radius 1 is 1.00 bits per heavy atom. The van der Waals surface area contributed by atoms with Crippen molar-refractivity contribution in [3.8, 4) is 5.75 Å². The molecule has 3 rings (SSSR count). The Morgan fingerprint density at radius 3 is 2.24 bits per heavy atom. The van der Waals surface area contributed by atoms with Crippen molar-refractivity contribution < 1.29 is 9.53 Å². The molecule has 0 spiro atoms. The number of ether oxygens (including phenoxy) is 1. The number of amides is 1. The summed E-state index contributed by atoms with van der Waals surface area (Å²) in [5, 5.41) is 2.98. The van der Waals surface area contributed by atoms with Gasteiger partial charge >= 0.3 is 0 Å². The van der Waals surface area contributed by atoms with Gasteiger partial charge in [-0.1, -0.05) is 18.2 Å². The van der Waals surface area contributed by atoms with E-state index in [0.717, 1.165) is 37.6 Å². The van der Waals surface area contributed by atoms with Crippen LogP contribution in [0.5, 0.6) is 5.75 Å². The molecular formula is C20H25N3O2. The van der Waals surface area contributed by atoms with Crippen LogP contribution in [-0.2, 0) is 4.79 Å². The molecule has 0 bridgehead atoms. The van der Waals surface area contributed by atoms with E-state index in [9.17, 15) is 4.79 Å². The Labute approximate surface area is 149 Å². The molecule has 1 aliphatic rings. The highest BCUT2D eigenvalue weighted by Crippen LogP contribution is 2.18. The number of nitrogens with zero attached hydrogens (tertiary/aromatic N) is 2. The lowest BCUT2D eigenvalue weighted by Gasteiger charge is -2.38. The van der Waals surface area contributed by atoms with Crippen LogP contribution in [-0.4, -0.2) is 50.1 Å². The summed E-state index contributed by atoms with van der Waals surface area (Å²) in [5.74, 6) is 0.807. The fraction of sp³-hybridized carbons (Fsp3) is 0.350. The molecule has 5 heteroatoms. The van der Waals surface area contributed by atoms with Crippen LogP contribution in [0.3, 0.4) is 0 Å². The second-order valence-electron chi connectivity index (χ2n) is 6.25. The molecule has 1 saturated heterocycles. The number of hydrogen-bond acceptors (Lipinski definition) is 4. The molecule has 0 radical (unpaired) electrons. The third kappa shape index (κ3) is 4.31. The van der Waals surface area contributed by atoms with Crippen LogP contribution < -0.4 is 15.0 Å². The molecule has 1 heterocycles. The molecule has 0 saturated carbocycles.